The maximum Gasteiger partial charge on any atom is 0.387 e. The molecule has 0 saturated carbocycles. The Kier molecular flexibility index (Phi) is 5.24. The van der Waals surface area contributed by atoms with Crippen LogP contribution in [0.5, 0.6) is 5.75 Å². The number of hydrogen-bond acceptors (Lipinski definition) is 3. The van der Waals surface area contributed by atoms with Crippen molar-refractivity contribution in [2.45, 2.75) is 19.6 Å². The van der Waals surface area contributed by atoms with E-state index in [2.05, 4.69) is 20.4 Å². The van der Waals surface area contributed by atoms with Crippen LogP contribution >= 0.6 is 0 Å². The summed E-state index contributed by atoms with van der Waals surface area (Å²) >= 11 is 0. The molecule has 22 heavy (non-hydrogen) atoms. The lowest BCUT2D eigenvalue weighted by molar-refractivity contribution is -0.0493. The Hall–Kier alpha value is -2.70. The fourth-order valence-corrected chi connectivity index (χ4v) is 1.86. The van der Waals surface area contributed by atoms with Crippen molar-refractivity contribution in [3.05, 3.63) is 54.4 Å². The Morgan fingerprint density at radius 2 is 1.86 bits per heavy atom. The van der Waals surface area contributed by atoms with Crippen molar-refractivity contribution in [3.63, 3.8) is 0 Å². The molecule has 0 spiro atoms. The van der Waals surface area contributed by atoms with E-state index in [-0.39, 0.29) is 17.5 Å². The highest BCUT2D eigenvalue weighted by Gasteiger charge is 2.13. The third-order valence-electron chi connectivity index (χ3n) is 2.91. The number of nitrogens with one attached hydrogen (secondary N) is 2. The van der Waals surface area contributed by atoms with Gasteiger partial charge in [-0.3, -0.25) is 4.98 Å². The van der Waals surface area contributed by atoms with Gasteiger partial charge >= 0.3 is 12.6 Å². The van der Waals surface area contributed by atoms with Gasteiger partial charge in [-0.1, -0.05) is 12.1 Å². The molecule has 1 atom stereocenters. The average molecular weight is 307 g/mol. The molecule has 7 heteroatoms. The van der Waals surface area contributed by atoms with Gasteiger partial charge in [-0.25, -0.2) is 4.79 Å². The van der Waals surface area contributed by atoms with E-state index in [0.29, 0.717) is 0 Å². The highest BCUT2D eigenvalue weighted by Crippen LogP contribution is 2.25. The Bertz CT molecular complexity index is 623. The minimum absolute atomic E-state index is 0.0933. The second-order valence-corrected chi connectivity index (χ2v) is 4.48. The topological polar surface area (TPSA) is 63.2 Å². The van der Waals surface area contributed by atoms with E-state index in [1.54, 1.807) is 43.6 Å². The average Bonchev–Trinajstić information content (AvgIpc) is 2.49. The second-order valence-electron chi connectivity index (χ2n) is 4.48. The molecule has 1 unspecified atom stereocenters. The summed E-state index contributed by atoms with van der Waals surface area (Å²) < 4.78 is 29.0. The van der Waals surface area contributed by atoms with Crippen LogP contribution in [0.3, 0.4) is 0 Å². The lowest BCUT2D eigenvalue weighted by Gasteiger charge is -2.16. The lowest BCUT2D eigenvalue weighted by Crippen LogP contribution is -2.31. The van der Waals surface area contributed by atoms with E-state index < -0.39 is 12.6 Å². The van der Waals surface area contributed by atoms with Crippen LogP contribution in [-0.4, -0.2) is 17.6 Å². The predicted octanol–water partition coefficient (Wildman–Crippen LogP) is 3.57. The maximum atomic E-state index is 12.3. The summed E-state index contributed by atoms with van der Waals surface area (Å²) in [5, 5.41) is 5.20. The first-order valence-electron chi connectivity index (χ1n) is 6.57. The number of aromatic nitrogens is 1. The fraction of sp³-hybridized carbons (Fsp3) is 0.200. The maximum absolute atomic E-state index is 12.3. The van der Waals surface area contributed by atoms with E-state index >= 15 is 0 Å². The van der Waals surface area contributed by atoms with Gasteiger partial charge in [-0.2, -0.15) is 8.78 Å². The number of para-hydroxylation sites is 2. The number of pyridine rings is 1. The van der Waals surface area contributed by atoms with Crippen molar-refractivity contribution >= 4 is 11.7 Å². The molecule has 0 aliphatic carbocycles. The molecule has 0 bridgehead atoms. The molecule has 2 N–H and O–H groups in total. The summed E-state index contributed by atoms with van der Waals surface area (Å²) in [6.07, 6.45) is 3.24. The van der Waals surface area contributed by atoms with Gasteiger partial charge in [-0.05, 0) is 36.8 Å². The normalized spacial score (nSPS) is 11.8. The molecule has 0 fully saturated rings. The number of urea groups is 1. The van der Waals surface area contributed by atoms with Crippen LogP contribution in [0.2, 0.25) is 0 Å². The number of hydrogen-bond donors (Lipinski definition) is 2. The molecule has 0 saturated heterocycles. The van der Waals surface area contributed by atoms with Gasteiger partial charge < -0.3 is 15.4 Å². The van der Waals surface area contributed by atoms with E-state index in [1.807, 2.05) is 0 Å². The number of carbonyl (C=O) groups is 1. The number of carbonyl (C=O) groups excluding carboxylic acids is 1. The van der Waals surface area contributed by atoms with E-state index in [0.717, 1.165) is 5.56 Å². The van der Waals surface area contributed by atoms with Crippen LogP contribution in [0.1, 0.15) is 18.5 Å². The number of ether oxygens (including phenoxy) is 1. The van der Waals surface area contributed by atoms with Crippen LogP contribution < -0.4 is 15.4 Å². The van der Waals surface area contributed by atoms with Crippen molar-refractivity contribution in [2.75, 3.05) is 5.32 Å². The zero-order valence-electron chi connectivity index (χ0n) is 11.8. The quantitative estimate of drug-likeness (QED) is 0.887. The molecule has 0 aliphatic rings. The van der Waals surface area contributed by atoms with Crippen molar-refractivity contribution in [1.82, 2.24) is 10.3 Å². The van der Waals surface area contributed by atoms with Gasteiger partial charge in [0.2, 0.25) is 0 Å². The number of benzene rings is 1. The summed E-state index contributed by atoms with van der Waals surface area (Å²) in [6.45, 7) is -1.15. The lowest BCUT2D eigenvalue weighted by atomic mass is 10.1. The van der Waals surface area contributed by atoms with Gasteiger partial charge in [0.25, 0.3) is 0 Å². The summed E-state index contributed by atoms with van der Waals surface area (Å²) in [5.74, 6) is -0.0933. The molecular formula is C15H15F2N3O2. The van der Waals surface area contributed by atoms with Gasteiger partial charge in [-0.15, -0.1) is 0 Å². The monoisotopic (exact) mass is 307 g/mol. The van der Waals surface area contributed by atoms with E-state index in [4.69, 9.17) is 0 Å². The minimum atomic E-state index is -2.96. The number of amides is 2. The summed E-state index contributed by atoms with van der Waals surface area (Å²) in [5.41, 5.74) is 1.05. The van der Waals surface area contributed by atoms with E-state index in [1.165, 1.54) is 12.1 Å². The molecule has 116 valence electrons. The molecular weight excluding hydrogens is 292 g/mol. The van der Waals surface area contributed by atoms with Crippen molar-refractivity contribution in [3.8, 4) is 5.75 Å². The molecule has 5 nitrogen and oxygen atoms in total. The number of halogens is 2. The molecule has 0 radical (unpaired) electrons. The molecule has 2 aromatic rings. The number of anilines is 1. The van der Waals surface area contributed by atoms with Gasteiger partial charge in [0.05, 0.1) is 11.7 Å². The highest BCUT2D eigenvalue weighted by atomic mass is 19.3. The van der Waals surface area contributed by atoms with Crippen LogP contribution in [-0.2, 0) is 0 Å². The molecule has 1 aromatic carbocycles. The van der Waals surface area contributed by atoms with Crippen LogP contribution in [0.25, 0.3) is 0 Å². The summed E-state index contributed by atoms with van der Waals surface area (Å²) in [4.78, 5) is 15.9. The number of alkyl halides is 2. The Morgan fingerprint density at radius 1 is 1.18 bits per heavy atom. The van der Waals surface area contributed by atoms with Crippen molar-refractivity contribution in [2.24, 2.45) is 0 Å². The summed E-state index contributed by atoms with van der Waals surface area (Å²) in [6, 6.07) is 8.77. The second kappa shape index (κ2) is 7.35. The first kappa shape index (κ1) is 15.7. The molecule has 2 rings (SSSR count). The Balaban J connectivity index is 2.00. The fourth-order valence-electron chi connectivity index (χ4n) is 1.86. The van der Waals surface area contributed by atoms with Crippen molar-refractivity contribution in [1.29, 1.82) is 0 Å². The molecule has 1 heterocycles. The number of nitrogens with zero attached hydrogens (tertiary/aromatic N) is 1. The van der Waals surface area contributed by atoms with E-state index in [9.17, 15) is 13.6 Å². The van der Waals surface area contributed by atoms with Crippen LogP contribution in [0.4, 0.5) is 19.3 Å². The van der Waals surface area contributed by atoms with Gasteiger partial charge in [0, 0.05) is 12.4 Å². The first-order chi connectivity index (χ1) is 10.6. The largest absolute Gasteiger partial charge is 0.433 e. The smallest absolute Gasteiger partial charge is 0.387 e. The Morgan fingerprint density at radius 3 is 2.55 bits per heavy atom. The summed E-state index contributed by atoms with van der Waals surface area (Å²) in [7, 11) is 0. The zero-order valence-corrected chi connectivity index (χ0v) is 11.8. The van der Waals surface area contributed by atoms with Gasteiger partial charge in [0.1, 0.15) is 5.75 Å². The van der Waals surface area contributed by atoms with Crippen LogP contribution in [0.15, 0.2) is 48.8 Å². The molecule has 0 aliphatic heterocycles. The Labute approximate surface area is 126 Å². The SMILES string of the molecule is CC(NC(=O)Nc1ccccc1OC(F)F)c1ccncc1. The molecule has 1 aromatic heterocycles. The van der Waals surface area contributed by atoms with Crippen LogP contribution in [0, 0.1) is 0 Å². The standard InChI is InChI=1S/C15H15F2N3O2/c1-10(11-6-8-18-9-7-11)19-15(21)20-12-4-2-3-5-13(12)22-14(16)17/h2-10,14H,1H3,(H2,19,20,21). The zero-order chi connectivity index (χ0) is 15.9. The molecule has 2 amide bonds. The third kappa shape index (κ3) is 4.41. The first-order valence-corrected chi connectivity index (χ1v) is 6.57. The highest BCUT2D eigenvalue weighted by molar-refractivity contribution is 5.91. The third-order valence-corrected chi connectivity index (χ3v) is 2.91. The number of rotatable bonds is 5. The predicted molar refractivity (Wildman–Crippen MR) is 77.9 cm³/mol. The van der Waals surface area contributed by atoms with Crippen molar-refractivity contribution < 1.29 is 18.3 Å². The van der Waals surface area contributed by atoms with Gasteiger partial charge in [0.15, 0.2) is 0 Å². The minimum Gasteiger partial charge on any atom is -0.433 e.